The van der Waals surface area contributed by atoms with E-state index in [0.717, 1.165) is 11.1 Å². The summed E-state index contributed by atoms with van der Waals surface area (Å²) in [5.74, 6) is 0.250. The molecular formula is C14H17N3O3S. The average Bonchev–Trinajstić information content (AvgIpc) is 2.46. The van der Waals surface area contributed by atoms with Crippen LogP contribution in [0.3, 0.4) is 0 Å². The number of nitrogens with zero attached hydrogens (tertiary/aromatic N) is 1. The lowest BCUT2D eigenvalue weighted by Gasteiger charge is -2.12. The first-order valence-electron chi connectivity index (χ1n) is 6.26. The quantitative estimate of drug-likeness (QED) is 0.816. The Morgan fingerprint density at radius 3 is 2.76 bits per heavy atom. The van der Waals surface area contributed by atoms with Gasteiger partial charge in [-0.15, -0.1) is 0 Å². The van der Waals surface area contributed by atoms with Gasteiger partial charge in [0.05, 0.1) is 7.11 Å². The standard InChI is InChI=1S/C14H17N3O3S/c1-10-5-6-16-8-11(10)9-17-21(18,19)14-7-12(15)3-4-13(14)20-2/h3-8,17H,9,15H2,1-2H3. The zero-order chi connectivity index (χ0) is 15.5. The summed E-state index contributed by atoms with van der Waals surface area (Å²) in [4.78, 5) is 4.01. The Labute approximate surface area is 124 Å². The van der Waals surface area contributed by atoms with E-state index in [2.05, 4.69) is 9.71 Å². The monoisotopic (exact) mass is 307 g/mol. The Bertz CT molecular complexity index is 745. The van der Waals surface area contributed by atoms with Gasteiger partial charge in [-0.3, -0.25) is 4.98 Å². The molecule has 0 fully saturated rings. The van der Waals surface area contributed by atoms with Crippen molar-refractivity contribution in [3.05, 3.63) is 47.8 Å². The number of nitrogens with two attached hydrogens (primary N) is 1. The van der Waals surface area contributed by atoms with Gasteiger partial charge >= 0.3 is 0 Å². The van der Waals surface area contributed by atoms with Gasteiger partial charge in [0.1, 0.15) is 10.6 Å². The highest BCUT2D eigenvalue weighted by molar-refractivity contribution is 7.89. The Hall–Kier alpha value is -2.12. The van der Waals surface area contributed by atoms with Crippen molar-refractivity contribution in [2.45, 2.75) is 18.4 Å². The molecule has 0 saturated heterocycles. The number of methoxy groups -OCH3 is 1. The van der Waals surface area contributed by atoms with Crippen LogP contribution < -0.4 is 15.2 Å². The van der Waals surface area contributed by atoms with Crippen LogP contribution >= 0.6 is 0 Å². The van der Waals surface area contributed by atoms with E-state index in [1.165, 1.54) is 19.2 Å². The molecule has 0 aliphatic rings. The van der Waals surface area contributed by atoms with Gasteiger partial charge in [0.25, 0.3) is 0 Å². The minimum atomic E-state index is -3.72. The molecule has 0 spiro atoms. The molecule has 2 rings (SSSR count). The number of aromatic nitrogens is 1. The van der Waals surface area contributed by atoms with E-state index in [9.17, 15) is 8.42 Å². The van der Waals surface area contributed by atoms with E-state index in [4.69, 9.17) is 10.5 Å². The third kappa shape index (κ3) is 3.50. The second kappa shape index (κ2) is 6.11. The molecular weight excluding hydrogens is 290 g/mol. The zero-order valence-electron chi connectivity index (χ0n) is 11.8. The van der Waals surface area contributed by atoms with Crippen LogP contribution in [0.15, 0.2) is 41.6 Å². The van der Waals surface area contributed by atoms with Crippen LogP contribution in [0.25, 0.3) is 0 Å². The molecule has 0 aliphatic heterocycles. The van der Waals surface area contributed by atoms with Crippen molar-refractivity contribution in [2.75, 3.05) is 12.8 Å². The second-order valence-corrected chi connectivity index (χ2v) is 6.27. The molecule has 0 aliphatic carbocycles. The Morgan fingerprint density at radius 2 is 2.10 bits per heavy atom. The number of benzene rings is 1. The molecule has 2 aromatic rings. The summed E-state index contributed by atoms with van der Waals surface area (Å²) in [6, 6.07) is 6.31. The number of anilines is 1. The first-order valence-corrected chi connectivity index (χ1v) is 7.75. The fraction of sp³-hybridized carbons (Fsp3) is 0.214. The topological polar surface area (TPSA) is 94.3 Å². The summed E-state index contributed by atoms with van der Waals surface area (Å²) in [5.41, 5.74) is 7.78. The van der Waals surface area contributed by atoms with Crippen molar-refractivity contribution in [3.63, 3.8) is 0 Å². The Morgan fingerprint density at radius 1 is 1.33 bits per heavy atom. The van der Waals surface area contributed by atoms with E-state index in [1.54, 1.807) is 18.5 Å². The molecule has 0 saturated carbocycles. The van der Waals surface area contributed by atoms with Gasteiger partial charge in [-0.05, 0) is 42.3 Å². The van der Waals surface area contributed by atoms with E-state index in [1.807, 2.05) is 13.0 Å². The summed E-state index contributed by atoms with van der Waals surface area (Å²) in [5, 5.41) is 0. The van der Waals surface area contributed by atoms with Gasteiger partial charge in [0, 0.05) is 24.6 Å². The summed E-state index contributed by atoms with van der Waals surface area (Å²) in [6.45, 7) is 2.05. The number of rotatable bonds is 5. The fourth-order valence-electron chi connectivity index (χ4n) is 1.84. The minimum absolute atomic E-state index is 0.0199. The van der Waals surface area contributed by atoms with Crippen molar-refractivity contribution in [1.82, 2.24) is 9.71 Å². The highest BCUT2D eigenvalue weighted by Crippen LogP contribution is 2.25. The number of aryl methyl sites for hydroxylation is 1. The van der Waals surface area contributed by atoms with Gasteiger partial charge in [-0.1, -0.05) is 0 Å². The van der Waals surface area contributed by atoms with E-state index >= 15 is 0 Å². The molecule has 0 atom stereocenters. The van der Waals surface area contributed by atoms with Crippen LogP contribution in [0.5, 0.6) is 5.75 Å². The summed E-state index contributed by atoms with van der Waals surface area (Å²) < 4.78 is 32.4. The number of ether oxygens (including phenoxy) is 1. The Kier molecular flexibility index (Phi) is 4.44. The molecule has 1 aromatic carbocycles. The highest BCUT2D eigenvalue weighted by atomic mass is 32.2. The van der Waals surface area contributed by atoms with Crippen molar-refractivity contribution in [1.29, 1.82) is 0 Å². The number of nitrogen functional groups attached to an aromatic ring is 1. The molecule has 0 amide bonds. The SMILES string of the molecule is COc1ccc(N)cc1S(=O)(=O)NCc1cnccc1C. The van der Waals surface area contributed by atoms with Crippen molar-refractivity contribution in [2.24, 2.45) is 0 Å². The molecule has 0 unspecified atom stereocenters. The normalized spacial score (nSPS) is 11.3. The number of nitrogens with one attached hydrogen (secondary N) is 1. The molecule has 1 aromatic heterocycles. The fourth-order valence-corrected chi connectivity index (χ4v) is 3.04. The third-order valence-electron chi connectivity index (χ3n) is 3.08. The summed E-state index contributed by atoms with van der Waals surface area (Å²) in [7, 11) is -2.31. The van der Waals surface area contributed by atoms with Gasteiger partial charge in [0.2, 0.25) is 10.0 Å². The van der Waals surface area contributed by atoms with Gasteiger partial charge in [-0.25, -0.2) is 13.1 Å². The van der Waals surface area contributed by atoms with Gasteiger partial charge < -0.3 is 10.5 Å². The van der Waals surface area contributed by atoms with Crippen LogP contribution in [0.4, 0.5) is 5.69 Å². The predicted octanol–water partition coefficient (Wildman–Crippen LogP) is 1.46. The van der Waals surface area contributed by atoms with Gasteiger partial charge in [-0.2, -0.15) is 0 Å². The van der Waals surface area contributed by atoms with E-state index in [0.29, 0.717) is 5.69 Å². The maximum Gasteiger partial charge on any atom is 0.244 e. The maximum atomic E-state index is 12.4. The lowest BCUT2D eigenvalue weighted by Crippen LogP contribution is -2.24. The maximum absolute atomic E-state index is 12.4. The smallest absolute Gasteiger partial charge is 0.244 e. The highest BCUT2D eigenvalue weighted by Gasteiger charge is 2.19. The van der Waals surface area contributed by atoms with Crippen molar-refractivity contribution >= 4 is 15.7 Å². The Balaban J connectivity index is 2.27. The largest absolute Gasteiger partial charge is 0.495 e. The zero-order valence-corrected chi connectivity index (χ0v) is 12.6. The molecule has 21 heavy (non-hydrogen) atoms. The first-order chi connectivity index (χ1) is 9.94. The van der Waals surface area contributed by atoms with Crippen LogP contribution in [0.1, 0.15) is 11.1 Å². The predicted molar refractivity (Wildman–Crippen MR) is 80.4 cm³/mol. The molecule has 7 heteroatoms. The lowest BCUT2D eigenvalue weighted by atomic mass is 10.2. The number of hydrogen-bond donors (Lipinski definition) is 2. The second-order valence-electron chi connectivity index (χ2n) is 4.54. The average molecular weight is 307 g/mol. The molecule has 0 radical (unpaired) electrons. The van der Waals surface area contributed by atoms with Crippen LogP contribution in [-0.4, -0.2) is 20.5 Å². The van der Waals surface area contributed by atoms with Crippen LogP contribution in [-0.2, 0) is 16.6 Å². The number of pyridine rings is 1. The molecule has 0 bridgehead atoms. The van der Waals surface area contributed by atoms with E-state index < -0.39 is 10.0 Å². The molecule has 1 heterocycles. The van der Waals surface area contributed by atoms with Gasteiger partial charge in [0.15, 0.2) is 0 Å². The molecule has 3 N–H and O–H groups in total. The molecule has 6 nitrogen and oxygen atoms in total. The van der Waals surface area contributed by atoms with Crippen LogP contribution in [0.2, 0.25) is 0 Å². The summed E-state index contributed by atoms with van der Waals surface area (Å²) in [6.07, 6.45) is 3.29. The third-order valence-corrected chi connectivity index (χ3v) is 4.50. The first kappa shape index (κ1) is 15.3. The molecule has 112 valence electrons. The number of sulfonamides is 1. The van der Waals surface area contributed by atoms with Crippen LogP contribution in [0, 0.1) is 6.92 Å². The minimum Gasteiger partial charge on any atom is -0.495 e. The van der Waals surface area contributed by atoms with E-state index in [-0.39, 0.29) is 17.2 Å². The number of hydrogen-bond acceptors (Lipinski definition) is 5. The van der Waals surface area contributed by atoms with Crippen molar-refractivity contribution in [3.8, 4) is 5.75 Å². The lowest BCUT2D eigenvalue weighted by molar-refractivity contribution is 0.402. The van der Waals surface area contributed by atoms with Crippen molar-refractivity contribution < 1.29 is 13.2 Å². The summed E-state index contributed by atoms with van der Waals surface area (Å²) >= 11 is 0.